The molecule has 1 atom stereocenters. The summed E-state index contributed by atoms with van der Waals surface area (Å²) in [5, 5.41) is 31.1. The topological polar surface area (TPSA) is 109 Å². The lowest BCUT2D eigenvalue weighted by molar-refractivity contribution is 0.101. The molecular formula is C23H20N6O2. The second-order valence-electron chi connectivity index (χ2n) is 7.17. The van der Waals surface area contributed by atoms with Gasteiger partial charge in [0.15, 0.2) is 0 Å². The number of aryl methyl sites for hydroxylation is 2. The van der Waals surface area contributed by atoms with Crippen LogP contribution in [-0.2, 0) is 7.05 Å². The summed E-state index contributed by atoms with van der Waals surface area (Å²) in [7, 11) is 1.78. The van der Waals surface area contributed by atoms with E-state index in [9.17, 15) is 9.90 Å². The van der Waals surface area contributed by atoms with Crippen LogP contribution in [0.4, 0.5) is 5.69 Å². The van der Waals surface area contributed by atoms with E-state index in [0.29, 0.717) is 39.5 Å². The number of carbonyl (C=O) groups excluding carboxylic acids is 1. The van der Waals surface area contributed by atoms with E-state index in [2.05, 4.69) is 21.6 Å². The number of nitrogens with one attached hydrogen (secondary N) is 1. The van der Waals surface area contributed by atoms with Crippen LogP contribution >= 0.6 is 0 Å². The number of rotatable bonds is 5. The average molecular weight is 412 g/mol. The van der Waals surface area contributed by atoms with Crippen molar-refractivity contribution in [2.75, 3.05) is 5.32 Å². The molecule has 154 valence electrons. The van der Waals surface area contributed by atoms with Crippen LogP contribution in [-0.4, -0.2) is 30.6 Å². The summed E-state index contributed by atoms with van der Waals surface area (Å²) in [5.41, 5.74) is 3.96. The number of benzene rings is 2. The minimum absolute atomic E-state index is 0.339. The van der Waals surface area contributed by atoms with Crippen molar-refractivity contribution < 1.29 is 9.90 Å². The highest BCUT2D eigenvalue weighted by Gasteiger charge is 2.17. The molecule has 0 aliphatic rings. The van der Waals surface area contributed by atoms with Gasteiger partial charge in [-0.15, -0.1) is 0 Å². The van der Waals surface area contributed by atoms with Gasteiger partial charge in [-0.3, -0.25) is 9.48 Å². The van der Waals surface area contributed by atoms with Crippen LogP contribution in [0.1, 0.15) is 39.0 Å². The minimum Gasteiger partial charge on any atom is -0.384 e. The molecule has 0 saturated heterocycles. The minimum atomic E-state index is -0.855. The van der Waals surface area contributed by atoms with Crippen molar-refractivity contribution in [1.29, 1.82) is 5.26 Å². The molecule has 8 heteroatoms. The van der Waals surface area contributed by atoms with Gasteiger partial charge in [0.25, 0.3) is 5.91 Å². The summed E-state index contributed by atoms with van der Waals surface area (Å²) < 4.78 is 3.13. The Morgan fingerprint density at radius 2 is 1.97 bits per heavy atom. The Hall–Kier alpha value is -4.22. The second-order valence-corrected chi connectivity index (χ2v) is 7.17. The number of amides is 1. The number of aromatic nitrogens is 4. The maximum absolute atomic E-state index is 13.0. The van der Waals surface area contributed by atoms with Crippen LogP contribution in [0.5, 0.6) is 0 Å². The van der Waals surface area contributed by atoms with Crippen molar-refractivity contribution in [3.05, 3.63) is 95.1 Å². The quantitative estimate of drug-likeness (QED) is 0.523. The van der Waals surface area contributed by atoms with E-state index in [4.69, 9.17) is 5.26 Å². The summed E-state index contributed by atoms with van der Waals surface area (Å²) in [6.45, 7) is 1.80. The molecule has 4 aromatic rings. The highest BCUT2D eigenvalue weighted by atomic mass is 16.3. The molecule has 4 rings (SSSR count). The molecule has 0 bridgehead atoms. The normalized spacial score (nSPS) is 11.7. The Bertz CT molecular complexity index is 1300. The van der Waals surface area contributed by atoms with Crippen LogP contribution in [0.3, 0.4) is 0 Å². The summed E-state index contributed by atoms with van der Waals surface area (Å²) in [6, 6.07) is 17.7. The first-order chi connectivity index (χ1) is 14.9. The Balaban J connectivity index is 1.60. The standard InChI is InChI=1S/C23H20N6O2/c1-15-9-21(29(27-15)20-8-3-5-16(10-20)12-24)23(31)26-19-7-4-6-17(11-19)22(30)18-13-25-28(2)14-18/h3-11,13-14,22,30H,1-2H3,(H,26,31). The number of hydrogen-bond acceptors (Lipinski definition) is 5. The van der Waals surface area contributed by atoms with Gasteiger partial charge in [0.1, 0.15) is 11.8 Å². The van der Waals surface area contributed by atoms with Gasteiger partial charge in [-0.2, -0.15) is 15.5 Å². The zero-order valence-corrected chi connectivity index (χ0v) is 17.0. The van der Waals surface area contributed by atoms with Gasteiger partial charge in [0.2, 0.25) is 0 Å². The van der Waals surface area contributed by atoms with E-state index in [1.807, 2.05) is 0 Å². The third-order valence-electron chi connectivity index (χ3n) is 4.78. The molecule has 2 N–H and O–H groups in total. The van der Waals surface area contributed by atoms with Gasteiger partial charge < -0.3 is 10.4 Å². The van der Waals surface area contributed by atoms with E-state index in [1.165, 1.54) is 4.68 Å². The number of anilines is 1. The number of nitrogens with zero attached hydrogens (tertiary/aromatic N) is 5. The molecule has 0 saturated carbocycles. The van der Waals surface area contributed by atoms with E-state index in [0.717, 1.165) is 0 Å². The first kappa shape index (κ1) is 20.1. The second kappa shape index (κ2) is 8.26. The third kappa shape index (κ3) is 4.22. The van der Waals surface area contributed by atoms with Crippen molar-refractivity contribution in [2.45, 2.75) is 13.0 Å². The van der Waals surface area contributed by atoms with Crippen LogP contribution in [0.25, 0.3) is 5.69 Å². The molecule has 0 aliphatic carbocycles. The SMILES string of the molecule is Cc1cc(C(=O)Nc2cccc(C(O)c3cnn(C)c3)c2)n(-c2cccc(C#N)c2)n1. The van der Waals surface area contributed by atoms with E-state index in [1.54, 1.807) is 85.6 Å². The fourth-order valence-electron chi connectivity index (χ4n) is 3.32. The monoisotopic (exact) mass is 412 g/mol. The van der Waals surface area contributed by atoms with Gasteiger partial charge in [-0.05, 0) is 48.9 Å². The molecule has 31 heavy (non-hydrogen) atoms. The van der Waals surface area contributed by atoms with Gasteiger partial charge in [-0.25, -0.2) is 4.68 Å². The van der Waals surface area contributed by atoms with Crippen LogP contribution in [0, 0.1) is 18.3 Å². The van der Waals surface area contributed by atoms with Gasteiger partial charge in [-0.1, -0.05) is 18.2 Å². The highest BCUT2D eigenvalue weighted by Crippen LogP contribution is 2.24. The molecular weight excluding hydrogens is 392 g/mol. The molecule has 0 radical (unpaired) electrons. The van der Waals surface area contributed by atoms with Crippen LogP contribution < -0.4 is 5.32 Å². The number of aliphatic hydroxyl groups excluding tert-OH is 1. The Kier molecular flexibility index (Phi) is 5.35. The van der Waals surface area contributed by atoms with Crippen LogP contribution in [0.2, 0.25) is 0 Å². The fraction of sp³-hybridized carbons (Fsp3) is 0.130. The summed E-state index contributed by atoms with van der Waals surface area (Å²) in [6.07, 6.45) is 2.49. The first-order valence-electron chi connectivity index (χ1n) is 9.60. The molecule has 8 nitrogen and oxygen atoms in total. The van der Waals surface area contributed by atoms with Crippen LogP contribution in [0.15, 0.2) is 67.0 Å². The Morgan fingerprint density at radius 1 is 1.16 bits per heavy atom. The van der Waals surface area contributed by atoms with Crippen molar-refractivity contribution in [3.63, 3.8) is 0 Å². The molecule has 1 amide bonds. The highest BCUT2D eigenvalue weighted by molar-refractivity contribution is 6.03. The number of hydrogen-bond donors (Lipinski definition) is 2. The summed E-state index contributed by atoms with van der Waals surface area (Å²) >= 11 is 0. The van der Waals surface area contributed by atoms with Crippen molar-refractivity contribution in [3.8, 4) is 11.8 Å². The number of nitriles is 1. The number of aliphatic hydroxyl groups is 1. The molecule has 2 aromatic carbocycles. The largest absolute Gasteiger partial charge is 0.384 e. The maximum Gasteiger partial charge on any atom is 0.274 e. The lowest BCUT2D eigenvalue weighted by Crippen LogP contribution is -2.17. The van der Waals surface area contributed by atoms with E-state index < -0.39 is 6.10 Å². The first-order valence-corrected chi connectivity index (χ1v) is 9.60. The van der Waals surface area contributed by atoms with Crippen molar-refractivity contribution in [2.24, 2.45) is 7.05 Å². The maximum atomic E-state index is 13.0. The zero-order chi connectivity index (χ0) is 22.0. The fourth-order valence-corrected chi connectivity index (χ4v) is 3.32. The summed E-state index contributed by atoms with van der Waals surface area (Å²) in [5.74, 6) is -0.351. The molecule has 0 fully saturated rings. The van der Waals surface area contributed by atoms with Gasteiger partial charge in [0, 0.05) is 24.5 Å². The Labute approximate surface area is 179 Å². The lowest BCUT2D eigenvalue weighted by atomic mass is 10.0. The van der Waals surface area contributed by atoms with E-state index in [-0.39, 0.29) is 5.91 Å². The molecule has 0 spiro atoms. The van der Waals surface area contributed by atoms with Gasteiger partial charge >= 0.3 is 0 Å². The predicted octanol–water partition coefficient (Wildman–Crippen LogP) is 3.12. The average Bonchev–Trinajstić information content (AvgIpc) is 3.39. The lowest BCUT2D eigenvalue weighted by Gasteiger charge is -2.12. The van der Waals surface area contributed by atoms with Crippen molar-refractivity contribution in [1.82, 2.24) is 19.6 Å². The summed E-state index contributed by atoms with van der Waals surface area (Å²) in [4.78, 5) is 13.0. The molecule has 1 unspecified atom stereocenters. The van der Waals surface area contributed by atoms with Crippen molar-refractivity contribution >= 4 is 11.6 Å². The van der Waals surface area contributed by atoms with Gasteiger partial charge in [0.05, 0.1) is 29.2 Å². The predicted molar refractivity (Wildman–Crippen MR) is 115 cm³/mol. The molecule has 2 aromatic heterocycles. The molecule has 2 heterocycles. The van der Waals surface area contributed by atoms with E-state index >= 15 is 0 Å². The Morgan fingerprint density at radius 3 is 2.71 bits per heavy atom. The molecule has 0 aliphatic heterocycles. The third-order valence-corrected chi connectivity index (χ3v) is 4.78. The smallest absolute Gasteiger partial charge is 0.274 e. The number of carbonyl (C=O) groups is 1. The zero-order valence-electron chi connectivity index (χ0n) is 17.0.